The molecule has 2 aromatic rings. The molecule has 4 heterocycles. The first-order chi connectivity index (χ1) is 15.9. The lowest BCUT2D eigenvalue weighted by molar-refractivity contribution is -0.137. The van der Waals surface area contributed by atoms with E-state index < -0.39 is 5.82 Å². The van der Waals surface area contributed by atoms with Crippen molar-refractivity contribution in [2.45, 2.75) is 37.3 Å². The van der Waals surface area contributed by atoms with Gasteiger partial charge in [-0.05, 0) is 29.2 Å². The second-order valence-electron chi connectivity index (χ2n) is 8.74. The number of halogens is 2. The first kappa shape index (κ1) is 22.6. The number of aromatic nitrogens is 1. The zero-order valence-electron chi connectivity index (χ0n) is 18.0. The minimum Gasteiger partial charge on any atom is -0.366 e. The number of nitrogens with zero attached hydrogens (tertiary/aromatic N) is 4. The van der Waals surface area contributed by atoms with Crippen LogP contribution in [-0.2, 0) is 22.7 Å². The number of piperazine rings is 1. The van der Waals surface area contributed by atoms with Crippen LogP contribution >= 0.6 is 24.2 Å². The van der Waals surface area contributed by atoms with Crippen molar-refractivity contribution in [3.63, 3.8) is 0 Å². The fourth-order valence-corrected chi connectivity index (χ4v) is 5.56. The maximum Gasteiger partial charge on any atom is 0.243 e. The first-order valence-corrected chi connectivity index (χ1v) is 12.0. The molecule has 0 bridgehead atoms. The third kappa shape index (κ3) is 4.47. The normalized spacial score (nSPS) is 24.2. The number of anilines is 1. The Labute approximate surface area is 202 Å². The molecule has 3 aliphatic heterocycles. The van der Waals surface area contributed by atoms with E-state index in [1.165, 1.54) is 17.3 Å². The summed E-state index contributed by atoms with van der Waals surface area (Å²) >= 11 is 10.6. The smallest absolute Gasteiger partial charge is 0.243 e. The van der Waals surface area contributed by atoms with Crippen LogP contribution in [0.25, 0.3) is 0 Å². The number of carbonyl (C=O) groups is 2. The molecular weight excluding hydrogens is 465 g/mol. The Kier molecular flexibility index (Phi) is 6.30. The maximum atomic E-state index is 14.3. The summed E-state index contributed by atoms with van der Waals surface area (Å²) in [6.45, 7) is 4.47. The highest BCUT2D eigenvalue weighted by Gasteiger charge is 2.39. The van der Waals surface area contributed by atoms with E-state index in [1.807, 2.05) is 4.90 Å². The van der Waals surface area contributed by atoms with Gasteiger partial charge in [0, 0.05) is 51.9 Å². The van der Waals surface area contributed by atoms with Crippen LogP contribution in [0.15, 0.2) is 30.5 Å². The number of hydrogen-bond acceptors (Lipinski definition) is 7. The minimum atomic E-state index is -0.466. The second kappa shape index (κ2) is 9.21. The number of fused-ring (bicyclic) bond motifs is 1. The molecule has 2 fully saturated rings. The first-order valence-electron chi connectivity index (χ1n) is 11.1. The molecule has 2 atom stereocenters. The molecule has 7 nitrogen and oxygen atoms in total. The molecule has 5 rings (SSSR count). The van der Waals surface area contributed by atoms with Crippen molar-refractivity contribution in [3.8, 4) is 0 Å². The van der Waals surface area contributed by atoms with Gasteiger partial charge in [-0.2, -0.15) is 12.6 Å². The van der Waals surface area contributed by atoms with E-state index >= 15 is 0 Å². The standard InChI is InChI=1S/C23H25ClFN5O2S/c24-21-20(25)17(5-6-26-21)29-9-7-28(8-10-29)12-14-1-2-15-13-30(23(33)16(15)11-14)18-3-4-19(31)27-22(18)32/h1-2,5-6,11,18,23,33H,3-4,7-10,12-13H2,(H,27,31,32). The number of hydrogen-bond donors (Lipinski definition) is 2. The van der Waals surface area contributed by atoms with Gasteiger partial charge in [0.15, 0.2) is 11.0 Å². The van der Waals surface area contributed by atoms with Crippen LogP contribution in [0.4, 0.5) is 10.1 Å². The molecule has 10 heteroatoms. The van der Waals surface area contributed by atoms with Crippen molar-refractivity contribution in [1.29, 1.82) is 0 Å². The Morgan fingerprint density at radius 3 is 2.73 bits per heavy atom. The van der Waals surface area contributed by atoms with E-state index in [2.05, 4.69) is 38.3 Å². The highest BCUT2D eigenvalue weighted by atomic mass is 35.5. The van der Waals surface area contributed by atoms with E-state index in [0.29, 0.717) is 38.2 Å². The van der Waals surface area contributed by atoms with Gasteiger partial charge in [0.2, 0.25) is 11.8 Å². The molecule has 1 N–H and O–H groups in total. The lowest BCUT2D eigenvalue weighted by Crippen LogP contribution is -2.51. The van der Waals surface area contributed by atoms with E-state index in [1.54, 1.807) is 6.07 Å². The van der Waals surface area contributed by atoms with Gasteiger partial charge in [0.25, 0.3) is 0 Å². The molecule has 2 unspecified atom stereocenters. The molecule has 1 aromatic carbocycles. The maximum absolute atomic E-state index is 14.3. The summed E-state index contributed by atoms with van der Waals surface area (Å²) in [5.41, 5.74) is 3.97. The van der Waals surface area contributed by atoms with Crippen molar-refractivity contribution in [3.05, 3.63) is 58.1 Å². The van der Waals surface area contributed by atoms with Crippen LogP contribution in [0.2, 0.25) is 5.15 Å². The molecule has 2 saturated heterocycles. The van der Waals surface area contributed by atoms with Crippen LogP contribution in [0.3, 0.4) is 0 Å². The van der Waals surface area contributed by atoms with Crippen molar-refractivity contribution in [2.24, 2.45) is 0 Å². The summed E-state index contributed by atoms with van der Waals surface area (Å²) < 4.78 is 14.3. The van der Waals surface area contributed by atoms with Crippen LogP contribution < -0.4 is 10.2 Å². The number of piperidine rings is 1. The molecule has 0 spiro atoms. The third-order valence-corrected chi connectivity index (χ3v) is 7.55. The quantitative estimate of drug-likeness (QED) is 0.391. The number of nitrogens with one attached hydrogen (secondary N) is 1. The predicted octanol–water partition coefficient (Wildman–Crippen LogP) is 2.75. The summed E-state index contributed by atoms with van der Waals surface area (Å²) in [5.74, 6) is -0.907. The average Bonchev–Trinajstić information content (AvgIpc) is 3.12. The van der Waals surface area contributed by atoms with Gasteiger partial charge in [-0.3, -0.25) is 24.7 Å². The topological polar surface area (TPSA) is 68.8 Å². The highest BCUT2D eigenvalue weighted by molar-refractivity contribution is 7.80. The van der Waals surface area contributed by atoms with Crippen LogP contribution in [0, 0.1) is 5.82 Å². The number of pyridine rings is 1. The number of thiol groups is 1. The minimum absolute atomic E-state index is 0.0965. The van der Waals surface area contributed by atoms with Crippen molar-refractivity contribution < 1.29 is 14.0 Å². The molecule has 0 saturated carbocycles. The van der Waals surface area contributed by atoms with Crippen molar-refractivity contribution >= 4 is 41.7 Å². The number of imide groups is 1. The van der Waals surface area contributed by atoms with Crippen molar-refractivity contribution in [2.75, 3.05) is 31.1 Å². The highest BCUT2D eigenvalue weighted by Crippen LogP contribution is 2.39. The molecule has 33 heavy (non-hydrogen) atoms. The monoisotopic (exact) mass is 489 g/mol. The van der Waals surface area contributed by atoms with Gasteiger partial charge in [0.05, 0.1) is 17.1 Å². The SMILES string of the molecule is O=C1CCC(N2Cc3ccc(CN4CCN(c5ccnc(Cl)c5F)CC4)cc3C2S)C(=O)N1. The lowest BCUT2D eigenvalue weighted by atomic mass is 10.0. The van der Waals surface area contributed by atoms with Crippen molar-refractivity contribution in [1.82, 2.24) is 20.1 Å². The molecule has 0 aliphatic carbocycles. The average molecular weight is 490 g/mol. The van der Waals surface area contributed by atoms with Gasteiger partial charge in [-0.15, -0.1) is 0 Å². The summed E-state index contributed by atoms with van der Waals surface area (Å²) in [7, 11) is 0. The molecule has 2 amide bonds. The van der Waals surface area contributed by atoms with Gasteiger partial charge in [0.1, 0.15) is 0 Å². The van der Waals surface area contributed by atoms with E-state index in [4.69, 9.17) is 24.2 Å². The largest absolute Gasteiger partial charge is 0.366 e. The zero-order chi connectivity index (χ0) is 23.1. The van der Waals surface area contributed by atoms with E-state index in [9.17, 15) is 14.0 Å². The zero-order valence-corrected chi connectivity index (χ0v) is 19.7. The van der Waals surface area contributed by atoms with Gasteiger partial charge in [-0.25, -0.2) is 9.37 Å². The Morgan fingerprint density at radius 1 is 1.18 bits per heavy atom. The third-order valence-electron chi connectivity index (χ3n) is 6.71. The summed E-state index contributed by atoms with van der Waals surface area (Å²) in [6.07, 6.45) is 2.41. The van der Waals surface area contributed by atoms with Crippen LogP contribution in [-0.4, -0.2) is 58.8 Å². The molecule has 3 aliphatic rings. The lowest BCUT2D eigenvalue weighted by Gasteiger charge is -2.36. The van der Waals surface area contributed by atoms with E-state index in [-0.39, 0.29) is 28.4 Å². The van der Waals surface area contributed by atoms with Gasteiger partial charge >= 0.3 is 0 Å². The Bertz CT molecular complexity index is 1090. The fourth-order valence-electron chi connectivity index (χ4n) is 4.93. The molecule has 174 valence electrons. The van der Waals surface area contributed by atoms with E-state index in [0.717, 1.165) is 25.2 Å². The molecule has 1 aromatic heterocycles. The second-order valence-corrected chi connectivity index (χ2v) is 9.59. The Morgan fingerprint density at radius 2 is 1.97 bits per heavy atom. The summed E-state index contributed by atoms with van der Waals surface area (Å²) in [4.78, 5) is 34.0. The van der Waals surface area contributed by atoms with Gasteiger partial charge < -0.3 is 4.90 Å². The number of rotatable bonds is 4. The number of amides is 2. The molecule has 0 radical (unpaired) electrons. The Balaban J connectivity index is 1.22. The number of benzene rings is 1. The Hall–Kier alpha value is -2.20. The predicted molar refractivity (Wildman–Crippen MR) is 127 cm³/mol. The summed E-state index contributed by atoms with van der Waals surface area (Å²) in [6, 6.07) is 7.74. The van der Waals surface area contributed by atoms with Crippen LogP contribution in [0.5, 0.6) is 0 Å². The fraction of sp³-hybridized carbons (Fsp3) is 0.435. The van der Waals surface area contributed by atoms with Crippen LogP contribution in [0.1, 0.15) is 34.9 Å². The van der Waals surface area contributed by atoms with Gasteiger partial charge in [-0.1, -0.05) is 29.8 Å². The number of carbonyl (C=O) groups excluding carboxylic acids is 2. The molecular formula is C23H25ClFN5O2S. The summed E-state index contributed by atoms with van der Waals surface area (Å²) in [5, 5.41) is 2.17.